The van der Waals surface area contributed by atoms with E-state index in [9.17, 15) is 4.79 Å². The topological polar surface area (TPSA) is 49.6 Å². The minimum atomic E-state index is 0.0872. The number of hydrogen-bond donors (Lipinski definition) is 1. The van der Waals surface area contributed by atoms with Crippen molar-refractivity contribution in [2.45, 2.75) is 58.0 Å². The van der Waals surface area contributed by atoms with E-state index >= 15 is 0 Å². The number of nitrogens with two attached hydrogens (primary N) is 1. The zero-order chi connectivity index (χ0) is 13.8. The van der Waals surface area contributed by atoms with Gasteiger partial charge >= 0.3 is 0 Å². The molecular formula is C15H29N3O. The maximum atomic E-state index is 12.6. The van der Waals surface area contributed by atoms with Crippen LogP contribution < -0.4 is 5.73 Å². The summed E-state index contributed by atoms with van der Waals surface area (Å²) in [7, 11) is 0. The van der Waals surface area contributed by atoms with Gasteiger partial charge in [-0.3, -0.25) is 9.69 Å². The van der Waals surface area contributed by atoms with Crippen LogP contribution in [0, 0.1) is 5.92 Å². The largest absolute Gasteiger partial charge is 0.341 e. The average Bonchev–Trinajstić information content (AvgIpc) is 2.90. The second kappa shape index (κ2) is 6.71. The molecule has 0 aromatic heterocycles. The number of amides is 1. The molecule has 1 saturated carbocycles. The van der Waals surface area contributed by atoms with Crippen molar-refractivity contribution >= 4 is 5.91 Å². The summed E-state index contributed by atoms with van der Waals surface area (Å²) in [6, 6.07) is 0.646. The van der Waals surface area contributed by atoms with E-state index in [4.69, 9.17) is 5.73 Å². The molecule has 0 aromatic carbocycles. The summed E-state index contributed by atoms with van der Waals surface area (Å²) in [5, 5.41) is 0. The van der Waals surface area contributed by atoms with Crippen molar-refractivity contribution < 1.29 is 4.79 Å². The zero-order valence-corrected chi connectivity index (χ0v) is 12.5. The number of carbonyl (C=O) groups is 1. The molecule has 2 N–H and O–H groups in total. The van der Waals surface area contributed by atoms with Gasteiger partial charge < -0.3 is 10.6 Å². The lowest BCUT2D eigenvalue weighted by Gasteiger charge is -2.32. The lowest BCUT2D eigenvalue weighted by Crippen LogP contribution is -2.46. The number of likely N-dealkylation sites (N-methyl/N-ethyl adjacent to an activating group) is 1. The summed E-state index contributed by atoms with van der Waals surface area (Å²) >= 11 is 0. The molecule has 1 heterocycles. The number of hydrogen-bond acceptors (Lipinski definition) is 3. The third kappa shape index (κ3) is 3.29. The summed E-state index contributed by atoms with van der Waals surface area (Å²) < 4.78 is 0. The first-order valence-corrected chi connectivity index (χ1v) is 7.95. The Balaban J connectivity index is 1.90. The maximum Gasteiger partial charge on any atom is 0.227 e. The van der Waals surface area contributed by atoms with Crippen LogP contribution >= 0.6 is 0 Å². The zero-order valence-electron chi connectivity index (χ0n) is 12.5. The fourth-order valence-corrected chi connectivity index (χ4v) is 3.68. The molecule has 0 spiro atoms. The molecule has 2 aliphatic rings. The third-order valence-electron chi connectivity index (χ3n) is 4.94. The first-order chi connectivity index (χ1) is 9.17. The Morgan fingerprint density at radius 2 is 1.89 bits per heavy atom. The quantitative estimate of drug-likeness (QED) is 0.838. The monoisotopic (exact) mass is 267 g/mol. The number of carbonyl (C=O) groups excluding carboxylic acids is 1. The first-order valence-electron chi connectivity index (χ1n) is 7.95. The van der Waals surface area contributed by atoms with Gasteiger partial charge in [-0.15, -0.1) is 0 Å². The molecular weight excluding hydrogens is 238 g/mol. The molecule has 2 rings (SSSR count). The number of rotatable bonds is 4. The van der Waals surface area contributed by atoms with Crippen molar-refractivity contribution in [1.29, 1.82) is 0 Å². The minimum Gasteiger partial charge on any atom is -0.341 e. The van der Waals surface area contributed by atoms with Crippen molar-refractivity contribution in [3.63, 3.8) is 0 Å². The predicted octanol–water partition coefficient (Wildman–Crippen LogP) is 1.45. The molecule has 2 fully saturated rings. The molecule has 1 amide bonds. The van der Waals surface area contributed by atoms with Gasteiger partial charge in [0.25, 0.3) is 0 Å². The number of nitrogens with zero attached hydrogens (tertiary/aromatic N) is 2. The van der Waals surface area contributed by atoms with Gasteiger partial charge in [0.2, 0.25) is 5.91 Å². The Morgan fingerprint density at radius 3 is 2.53 bits per heavy atom. The average molecular weight is 267 g/mol. The molecule has 0 bridgehead atoms. The van der Waals surface area contributed by atoms with Crippen LogP contribution in [-0.4, -0.2) is 54.0 Å². The van der Waals surface area contributed by atoms with Crippen LogP contribution in [-0.2, 0) is 4.79 Å². The standard InChI is InChI=1S/C15H29N3O/c1-3-17(4-2)12-9-10-18(11-12)15(19)13-7-5-6-8-14(13)16/h12-14H,3-11,16H2,1-2H3. The first kappa shape index (κ1) is 14.8. The van der Waals surface area contributed by atoms with Crippen LogP contribution in [0.15, 0.2) is 0 Å². The Morgan fingerprint density at radius 1 is 1.21 bits per heavy atom. The highest BCUT2D eigenvalue weighted by atomic mass is 16.2. The van der Waals surface area contributed by atoms with Gasteiger partial charge in [-0.2, -0.15) is 0 Å². The molecule has 4 nitrogen and oxygen atoms in total. The fraction of sp³-hybridized carbons (Fsp3) is 0.933. The highest BCUT2D eigenvalue weighted by Crippen LogP contribution is 2.27. The van der Waals surface area contributed by atoms with E-state index in [1.165, 1.54) is 6.42 Å². The summed E-state index contributed by atoms with van der Waals surface area (Å²) in [5.74, 6) is 0.408. The van der Waals surface area contributed by atoms with Gasteiger partial charge in [0, 0.05) is 25.2 Å². The Kier molecular flexibility index (Phi) is 5.22. The van der Waals surface area contributed by atoms with Crippen LogP contribution in [0.4, 0.5) is 0 Å². The second-order valence-electron chi connectivity index (χ2n) is 6.00. The van der Waals surface area contributed by atoms with Gasteiger partial charge in [0.15, 0.2) is 0 Å². The lowest BCUT2D eigenvalue weighted by molar-refractivity contribution is -0.136. The van der Waals surface area contributed by atoms with E-state index in [1.807, 2.05) is 0 Å². The summed E-state index contributed by atoms with van der Waals surface area (Å²) in [5.41, 5.74) is 6.14. The fourth-order valence-electron chi connectivity index (χ4n) is 3.68. The van der Waals surface area contributed by atoms with Crippen LogP contribution in [0.25, 0.3) is 0 Å². The number of likely N-dealkylation sites (tertiary alicyclic amines) is 1. The van der Waals surface area contributed by atoms with E-state index in [0.717, 1.165) is 51.9 Å². The molecule has 1 saturated heterocycles. The Hall–Kier alpha value is -0.610. The smallest absolute Gasteiger partial charge is 0.227 e. The van der Waals surface area contributed by atoms with Crippen LogP contribution in [0.3, 0.4) is 0 Å². The van der Waals surface area contributed by atoms with Crippen LogP contribution in [0.2, 0.25) is 0 Å². The highest BCUT2D eigenvalue weighted by molar-refractivity contribution is 5.80. The minimum absolute atomic E-state index is 0.0872. The van der Waals surface area contributed by atoms with E-state index in [0.29, 0.717) is 11.9 Å². The molecule has 110 valence electrons. The molecule has 1 aliphatic heterocycles. The van der Waals surface area contributed by atoms with Gasteiger partial charge in [-0.1, -0.05) is 26.7 Å². The molecule has 19 heavy (non-hydrogen) atoms. The van der Waals surface area contributed by atoms with Gasteiger partial charge in [0.05, 0.1) is 5.92 Å². The summed E-state index contributed by atoms with van der Waals surface area (Å²) in [6.45, 7) is 8.38. The van der Waals surface area contributed by atoms with Gasteiger partial charge in [0.1, 0.15) is 0 Å². The van der Waals surface area contributed by atoms with Crippen molar-refractivity contribution in [2.75, 3.05) is 26.2 Å². The second-order valence-corrected chi connectivity index (χ2v) is 6.00. The van der Waals surface area contributed by atoms with Crippen molar-refractivity contribution in [2.24, 2.45) is 11.7 Å². The Bertz CT molecular complexity index is 304. The summed E-state index contributed by atoms with van der Waals surface area (Å²) in [6.07, 6.45) is 5.48. The van der Waals surface area contributed by atoms with E-state index in [1.54, 1.807) is 0 Å². The van der Waals surface area contributed by atoms with E-state index in [-0.39, 0.29) is 12.0 Å². The van der Waals surface area contributed by atoms with Crippen LogP contribution in [0.5, 0.6) is 0 Å². The van der Waals surface area contributed by atoms with E-state index < -0.39 is 0 Å². The van der Waals surface area contributed by atoms with Crippen molar-refractivity contribution in [3.8, 4) is 0 Å². The molecule has 3 unspecified atom stereocenters. The van der Waals surface area contributed by atoms with Crippen molar-refractivity contribution in [3.05, 3.63) is 0 Å². The molecule has 0 radical (unpaired) electrons. The molecule has 3 atom stereocenters. The predicted molar refractivity (Wildman–Crippen MR) is 77.8 cm³/mol. The van der Waals surface area contributed by atoms with Crippen LogP contribution in [0.1, 0.15) is 46.0 Å². The normalized spacial score (nSPS) is 32.0. The molecule has 4 heteroatoms. The Labute approximate surface area is 117 Å². The molecule has 0 aromatic rings. The third-order valence-corrected chi connectivity index (χ3v) is 4.94. The van der Waals surface area contributed by atoms with E-state index in [2.05, 4.69) is 23.6 Å². The molecule has 1 aliphatic carbocycles. The SMILES string of the molecule is CCN(CC)C1CCN(C(=O)C2CCCCC2N)C1. The van der Waals surface area contributed by atoms with Crippen molar-refractivity contribution in [1.82, 2.24) is 9.80 Å². The summed E-state index contributed by atoms with van der Waals surface area (Å²) in [4.78, 5) is 17.1. The highest BCUT2D eigenvalue weighted by Gasteiger charge is 2.35. The maximum absolute atomic E-state index is 12.6. The van der Waals surface area contributed by atoms with Gasteiger partial charge in [-0.05, 0) is 32.4 Å². The van der Waals surface area contributed by atoms with Gasteiger partial charge in [-0.25, -0.2) is 0 Å². The lowest BCUT2D eigenvalue weighted by atomic mass is 9.84.